The summed E-state index contributed by atoms with van der Waals surface area (Å²) >= 11 is 0. The topological polar surface area (TPSA) is 104 Å². The van der Waals surface area contributed by atoms with Crippen LogP contribution in [0.5, 0.6) is 0 Å². The van der Waals surface area contributed by atoms with Gasteiger partial charge in [-0.15, -0.1) is 0 Å². The number of hydrogen-bond donors (Lipinski definition) is 3. The normalized spacial score (nSPS) is 11.9. The maximum Gasteiger partial charge on any atom is 0.335 e. The van der Waals surface area contributed by atoms with E-state index in [2.05, 4.69) is 5.32 Å². The van der Waals surface area contributed by atoms with Gasteiger partial charge in [0, 0.05) is 5.56 Å². The third-order valence-electron chi connectivity index (χ3n) is 2.68. The smallest absolute Gasteiger partial charge is 0.335 e. The molecule has 6 heteroatoms. The van der Waals surface area contributed by atoms with Gasteiger partial charge < -0.3 is 15.5 Å². The third kappa shape index (κ3) is 4.38. The Morgan fingerprint density at radius 1 is 1.15 bits per heavy atom. The van der Waals surface area contributed by atoms with Crippen LogP contribution in [0.15, 0.2) is 24.3 Å². The molecular weight excluding hydrogens is 262 g/mol. The molecule has 0 aliphatic rings. The van der Waals surface area contributed by atoms with Crippen LogP contribution < -0.4 is 5.32 Å². The molecule has 6 nitrogen and oxygen atoms in total. The third-order valence-corrected chi connectivity index (χ3v) is 2.68. The van der Waals surface area contributed by atoms with Crippen LogP contribution in [-0.2, 0) is 4.79 Å². The van der Waals surface area contributed by atoms with Crippen LogP contribution in [0.1, 0.15) is 41.0 Å². The standard InChI is InChI=1S/C14H17NO5/c1-8(2)6-11(14(19)20)15-12(16)9-4-3-5-10(7-9)13(17)18/h3-5,7-8,11H,6H2,1-2H3,(H,15,16)(H,17,18)(H,19,20)/t11-/m1/s1. The molecule has 0 aliphatic heterocycles. The summed E-state index contributed by atoms with van der Waals surface area (Å²) in [5.74, 6) is -2.74. The summed E-state index contributed by atoms with van der Waals surface area (Å²) in [5.41, 5.74) is 0.105. The Hall–Kier alpha value is -2.37. The lowest BCUT2D eigenvalue weighted by Gasteiger charge is -2.16. The summed E-state index contributed by atoms with van der Waals surface area (Å²) in [6.45, 7) is 3.71. The van der Waals surface area contributed by atoms with Gasteiger partial charge in [-0.05, 0) is 30.5 Å². The predicted octanol–water partition coefficient (Wildman–Crippen LogP) is 1.61. The predicted molar refractivity (Wildman–Crippen MR) is 71.7 cm³/mol. The highest BCUT2D eigenvalue weighted by Gasteiger charge is 2.22. The van der Waals surface area contributed by atoms with Crippen LogP contribution in [0, 0.1) is 5.92 Å². The Labute approximate surface area is 116 Å². The fourth-order valence-corrected chi connectivity index (χ4v) is 1.73. The van der Waals surface area contributed by atoms with Crippen molar-refractivity contribution in [2.45, 2.75) is 26.3 Å². The highest BCUT2D eigenvalue weighted by molar-refractivity contribution is 5.99. The minimum absolute atomic E-state index is 0.0200. The number of aliphatic carboxylic acids is 1. The van der Waals surface area contributed by atoms with E-state index in [4.69, 9.17) is 10.2 Å². The SMILES string of the molecule is CC(C)C[C@@H](NC(=O)c1cccc(C(=O)O)c1)C(=O)O. The molecule has 0 aliphatic carbocycles. The molecule has 0 saturated heterocycles. The molecule has 0 fully saturated rings. The average Bonchev–Trinajstić information content (AvgIpc) is 2.37. The number of nitrogens with one attached hydrogen (secondary N) is 1. The van der Waals surface area contributed by atoms with Crippen molar-refractivity contribution in [2.75, 3.05) is 0 Å². The molecule has 0 saturated carbocycles. The molecule has 1 aromatic carbocycles. The summed E-state index contributed by atoms with van der Waals surface area (Å²) in [6.07, 6.45) is 0.305. The van der Waals surface area contributed by atoms with Crippen molar-refractivity contribution < 1.29 is 24.6 Å². The van der Waals surface area contributed by atoms with E-state index in [9.17, 15) is 14.4 Å². The second-order valence-corrected chi connectivity index (χ2v) is 4.88. The second kappa shape index (κ2) is 6.70. The van der Waals surface area contributed by atoms with Gasteiger partial charge in [0.25, 0.3) is 5.91 Å². The van der Waals surface area contributed by atoms with E-state index in [0.29, 0.717) is 6.42 Å². The van der Waals surface area contributed by atoms with Gasteiger partial charge in [0.05, 0.1) is 5.56 Å². The lowest BCUT2D eigenvalue weighted by atomic mass is 10.0. The first kappa shape index (κ1) is 15.7. The van der Waals surface area contributed by atoms with Gasteiger partial charge in [0.1, 0.15) is 6.04 Å². The molecule has 1 aromatic rings. The summed E-state index contributed by atoms with van der Waals surface area (Å²) < 4.78 is 0. The fourth-order valence-electron chi connectivity index (χ4n) is 1.73. The summed E-state index contributed by atoms with van der Waals surface area (Å²) in [7, 11) is 0. The van der Waals surface area contributed by atoms with Crippen LogP contribution in [0.3, 0.4) is 0 Å². The molecule has 0 unspecified atom stereocenters. The Morgan fingerprint density at radius 3 is 2.25 bits per heavy atom. The van der Waals surface area contributed by atoms with Crippen molar-refractivity contribution in [1.29, 1.82) is 0 Å². The van der Waals surface area contributed by atoms with Crippen LogP contribution in [0.4, 0.5) is 0 Å². The molecular formula is C14H17NO5. The summed E-state index contributed by atoms with van der Waals surface area (Å²) in [4.78, 5) is 33.8. The maximum absolute atomic E-state index is 11.9. The van der Waals surface area contributed by atoms with Gasteiger partial charge in [0.2, 0.25) is 0 Å². The lowest BCUT2D eigenvalue weighted by Crippen LogP contribution is -2.41. The van der Waals surface area contributed by atoms with Crippen molar-refractivity contribution in [1.82, 2.24) is 5.32 Å². The monoisotopic (exact) mass is 279 g/mol. The number of hydrogen-bond acceptors (Lipinski definition) is 3. The molecule has 0 spiro atoms. The highest BCUT2D eigenvalue weighted by atomic mass is 16.4. The average molecular weight is 279 g/mol. The van der Waals surface area contributed by atoms with E-state index in [-0.39, 0.29) is 17.0 Å². The first-order chi connectivity index (χ1) is 9.31. The van der Waals surface area contributed by atoms with Crippen LogP contribution in [-0.4, -0.2) is 34.1 Å². The fraction of sp³-hybridized carbons (Fsp3) is 0.357. The molecule has 0 radical (unpaired) electrons. The van der Waals surface area contributed by atoms with E-state index in [0.717, 1.165) is 0 Å². The zero-order valence-corrected chi connectivity index (χ0v) is 11.3. The van der Waals surface area contributed by atoms with Crippen molar-refractivity contribution in [2.24, 2.45) is 5.92 Å². The number of amides is 1. The molecule has 108 valence electrons. The van der Waals surface area contributed by atoms with E-state index in [1.807, 2.05) is 13.8 Å². The first-order valence-corrected chi connectivity index (χ1v) is 6.18. The summed E-state index contributed by atoms with van der Waals surface area (Å²) in [5, 5.41) is 20.3. The van der Waals surface area contributed by atoms with Crippen LogP contribution in [0.2, 0.25) is 0 Å². The number of aromatic carboxylic acids is 1. The van der Waals surface area contributed by atoms with Crippen molar-refractivity contribution in [3.05, 3.63) is 35.4 Å². The van der Waals surface area contributed by atoms with Crippen molar-refractivity contribution in [3.63, 3.8) is 0 Å². The zero-order chi connectivity index (χ0) is 15.3. The van der Waals surface area contributed by atoms with Crippen molar-refractivity contribution >= 4 is 17.8 Å². The van der Waals surface area contributed by atoms with Crippen LogP contribution >= 0.6 is 0 Å². The van der Waals surface area contributed by atoms with Gasteiger partial charge in [-0.2, -0.15) is 0 Å². The van der Waals surface area contributed by atoms with Gasteiger partial charge in [-0.3, -0.25) is 4.79 Å². The Bertz CT molecular complexity index is 524. The summed E-state index contributed by atoms with van der Waals surface area (Å²) in [6, 6.07) is 4.47. The van der Waals surface area contributed by atoms with E-state index in [1.165, 1.54) is 24.3 Å². The van der Waals surface area contributed by atoms with E-state index >= 15 is 0 Å². The number of carbonyl (C=O) groups excluding carboxylic acids is 1. The minimum Gasteiger partial charge on any atom is -0.480 e. The zero-order valence-electron chi connectivity index (χ0n) is 11.3. The highest BCUT2D eigenvalue weighted by Crippen LogP contribution is 2.09. The second-order valence-electron chi connectivity index (χ2n) is 4.88. The molecule has 0 bridgehead atoms. The van der Waals surface area contributed by atoms with Gasteiger partial charge in [0.15, 0.2) is 0 Å². The molecule has 1 atom stereocenters. The maximum atomic E-state index is 11.9. The first-order valence-electron chi connectivity index (χ1n) is 6.18. The molecule has 20 heavy (non-hydrogen) atoms. The van der Waals surface area contributed by atoms with E-state index < -0.39 is 23.9 Å². The number of benzene rings is 1. The largest absolute Gasteiger partial charge is 0.480 e. The van der Waals surface area contributed by atoms with Crippen LogP contribution in [0.25, 0.3) is 0 Å². The number of carbonyl (C=O) groups is 3. The Morgan fingerprint density at radius 2 is 1.75 bits per heavy atom. The quantitative estimate of drug-likeness (QED) is 0.734. The lowest BCUT2D eigenvalue weighted by molar-refractivity contribution is -0.139. The van der Waals surface area contributed by atoms with Gasteiger partial charge in [-0.1, -0.05) is 19.9 Å². The van der Waals surface area contributed by atoms with Gasteiger partial charge >= 0.3 is 11.9 Å². The minimum atomic E-state index is -1.14. The molecule has 3 N–H and O–H groups in total. The molecule has 0 aromatic heterocycles. The van der Waals surface area contributed by atoms with Crippen molar-refractivity contribution in [3.8, 4) is 0 Å². The van der Waals surface area contributed by atoms with E-state index in [1.54, 1.807) is 0 Å². The number of carboxylic acid groups (broad SMARTS) is 2. The Balaban J connectivity index is 2.86. The molecule has 0 heterocycles. The van der Waals surface area contributed by atoms with Gasteiger partial charge in [-0.25, -0.2) is 9.59 Å². The molecule has 1 rings (SSSR count). The Kier molecular flexibility index (Phi) is 5.25. The number of carboxylic acids is 2. The number of rotatable bonds is 6. The molecule has 1 amide bonds.